The first kappa shape index (κ1) is 12.2. The number of rotatable bonds is 4. The Bertz CT molecular complexity index is 363. The first-order valence-corrected chi connectivity index (χ1v) is 5.40. The van der Waals surface area contributed by atoms with Crippen molar-refractivity contribution in [3.63, 3.8) is 0 Å². The molecule has 0 bridgehead atoms. The Morgan fingerprint density at radius 1 is 1.53 bits per heavy atom. The highest BCUT2D eigenvalue weighted by Gasteiger charge is 2.14. The number of Topliss-reactive ketones (excluding diaryl/α,β-unsaturated/α-hetero) is 1. The van der Waals surface area contributed by atoms with Crippen LogP contribution in [-0.4, -0.2) is 5.78 Å². The summed E-state index contributed by atoms with van der Waals surface area (Å²) in [6.07, 6.45) is 1.30. The number of ketones is 1. The van der Waals surface area contributed by atoms with Gasteiger partial charge in [0.15, 0.2) is 5.78 Å². The molecule has 0 saturated heterocycles. The standard InChI is InChI=1S/C12H14ClFO/c1-3-8(2)6-12(15)10-5-4-9(13)7-11(10)14/h4-5,7-8H,3,6H2,1-2H3. The van der Waals surface area contributed by atoms with Crippen LogP contribution in [0.25, 0.3) is 0 Å². The van der Waals surface area contributed by atoms with Crippen molar-refractivity contribution in [3.05, 3.63) is 34.6 Å². The first-order valence-electron chi connectivity index (χ1n) is 5.02. The molecule has 0 radical (unpaired) electrons. The lowest BCUT2D eigenvalue weighted by atomic mass is 9.97. The number of carbonyl (C=O) groups is 1. The van der Waals surface area contributed by atoms with E-state index < -0.39 is 5.82 Å². The van der Waals surface area contributed by atoms with Crippen molar-refractivity contribution in [3.8, 4) is 0 Å². The number of carbonyl (C=O) groups excluding carboxylic acids is 1. The summed E-state index contributed by atoms with van der Waals surface area (Å²) in [6, 6.07) is 4.16. The number of hydrogen-bond acceptors (Lipinski definition) is 1. The Hall–Kier alpha value is -0.890. The van der Waals surface area contributed by atoms with Gasteiger partial charge in [0.1, 0.15) is 5.82 Å². The predicted octanol–water partition coefficient (Wildman–Crippen LogP) is 4.10. The van der Waals surface area contributed by atoms with Gasteiger partial charge in [0.25, 0.3) is 0 Å². The Labute approximate surface area is 94.3 Å². The fourth-order valence-corrected chi connectivity index (χ4v) is 1.45. The second-order valence-corrected chi connectivity index (χ2v) is 4.20. The van der Waals surface area contributed by atoms with E-state index in [0.717, 1.165) is 6.42 Å². The van der Waals surface area contributed by atoms with Crippen molar-refractivity contribution in [2.75, 3.05) is 0 Å². The topological polar surface area (TPSA) is 17.1 Å². The molecule has 0 saturated carbocycles. The highest BCUT2D eigenvalue weighted by atomic mass is 35.5. The van der Waals surface area contributed by atoms with Gasteiger partial charge in [-0.25, -0.2) is 4.39 Å². The minimum absolute atomic E-state index is 0.139. The first-order chi connectivity index (χ1) is 7.04. The molecule has 1 atom stereocenters. The minimum Gasteiger partial charge on any atom is -0.294 e. The van der Waals surface area contributed by atoms with Crippen molar-refractivity contribution in [2.24, 2.45) is 5.92 Å². The van der Waals surface area contributed by atoms with Crippen LogP contribution in [0.5, 0.6) is 0 Å². The van der Waals surface area contributed by atoms with Crippen molar-refractivity contribution >= 4 is 17.4 Å². The van der Waals surface area contributed by atoms with E-state index in [1.165, 1.54) is 18.2 Å². The molecular formula is C12H14ClFO. The summed E-state index contributed by atoms with van der Waals surface area (Å²) in [5, 5.41) is 0.313. The van der Waals surface area contributed by atoms with Gasteiger partial charge in [-0.3, -0.25) is 4.79 Å². The molecule has 0 aromatic heterocycles. The molecular weight excluding hydrogens is 215 g/mol. The summed E-state index contributed by atoms with van der Waals surface area (Å²) in [7, 11) is 0. The lowest BCUT2D eigenvalue weighted by Gasteiger charge is -2.07. The maximum absolute atomic E-state index is 13.3. The molecule has 0 spiro atoms. The second kappa shape index (κ2) is 5.26. The van der Waals surface area contributed by atoms with Crippen LogP contribution in [-0.2, 0) is 0 Å². The third-order valence-corrected chi connectivity index (χ3v) is 2.70. The van der Waals surface area contributed by atoms with E-state index >= 15 is 0 Å². The van der Waals surface area contributed by atoms with Crippen LogP contribution in [0.4, 0.5) is 4.39 Å². The summed E-state index contributed by atoms with van der Waals surface area (Å²) in [4.78, 5) is 11.7. The monoisotopic (exact) mass is 228 g/mol. The normalized spacial score (nSPS) is 12.5. The van der Waals surface area contributed by atoms with E-state index in [4.69, 9.17) is 11.6 Å². The van der Waals surface area contributed by atoms with Gasteiger partial charge in [0, 0.05) is 11.4 Å². The van der Waals surface area contributed by atoms with E-state index in [1.807, 2.05) is 13.8 Å². The zero-order valence-corrected chi connectivity index (χ0v) is 9.64. The Morgan fingerprint density at radius 3 is 2.73 bits per heavy atom. The molecule has 1 aromatic rings. The molecule has 0 aliphatic rings. The predicted molar refractivity (Wildman–Crippen MR) is 59.8 cm³/mol. The van der Waals surface area contributed by atoms with Gasteiger partial charge in [-0.2, -0.15) is 0 Å². The summed E-state index contributed by atoms with van der Waals surface area (Å²) >= 11 is 5.60. The van der Waals surface area contributed by atoms with E-state index in [0.29, 0.717) is 11.4 Å². The summed E-state index contributed by atoms with van der Waals surface area (Å²) in [6.45, 7) is 3.99. The average molecular weight is 229 g/mol. The van der Waals surface area contributed by atoms with Crippen molar-refractivity contribution in [1.82, 2.24) is 0 Å². The number of hydrogen-bond donors (Lipinski definition) is 0. The molecule has 1 aromatic carbocycles. The van der Waals surface area contributed by atoms with E-state index in [9.17, 15) is 9.18 Å². The van der Waals surface area contributed by atoms with Crippen LogP contribution in [0, 0.1) is 11.7 Å². The van der Waals surface area contributed by atoms with Crippen LogP contribution in [0.15, 0.2) is 18.2 Å². The fraction of sp³-hybridized carbons (Fsp3) is 0.417. The molecule has 0 aliphatic heterocycles. The lowest BCUT2D eigenvalue weighted by molar-refractivity contribution is 0.0960. The molecule has 0 amide bonds. The third-order valence-electron chi connectivity index (χ3n) is 2.46. The molecule has 0 fully saturated rings. The highest BCUT2D eigenvalue weighted by molar-refractivity contribution is 6.30. The SMILES string of the molecule is CCC(C)CC(=O)c1ccc(Cl)cc1F. The number of halogens is 2. The smallest absolute Gasteiger partial charge is 0.166 e. The van der Waals surface area contributed by atoms with Gasteiger partial charge in [0.2, 0.25) is 0 Å². The van der Waals surface area contributed by atoms with Gasteiger partial charge in [-0.1, -0.05) is 31.9 Å². The van der Waals surface area contributed by atoms with E-state index in [2.05, 4.69) is 0 Å². The maximum atomic E-state index is 13.3. The molecule has 0 heterocycles. The van der Waals surface area contributed by atoms with E-state index in [1.54, 1.807) is 0 Å². The Morgan fingerprint density at radius 2 is 2.20 bits per heavy atom. The average Bonchev–Trinajstić information content (AvgIpc) is 2.17. The maximum Gasteiger partial charge on any atom is 0.166 e. The van der Waals surface area contributed by atoms with Crippen molar-refractivity contribution < 1.29 is 9.18 Å². The summed E-state index contributed by atoms with van der Waals surface area (Å²) < 4.78 is 13.3. The number of benzene rings is 1. The molecule has 0 aliphatic carbocycles. The molecule has 3 heteroatoms. The van der Waals surface area contributed by atoms with Gasteiger partial charge in [-0.15, -0.1) is 0 Å². The summed E-state index contributed by atoms with van der Waals surface area (Å²) in [5.41, 5.74) is 0.139. The van der Waals surface area contributed by atoms with Crippen LogP contribution < -0.4 is 0 Å². The fourth-order valence-electron chi connectivity index (χ4n) is 1.29. The van der Waals surface area contributed by atoms with Gasteiger partial charge in [0.05, 0.1) is 5.56 Å². The van der Waals surface area contributed by atoms with Gasteiger partial charge < -0.3 is 0 Å². The molecule has 82 valence electrons. The second-order valence-electron chi connectivity index (χ2n) is 3.76. The minimum atomic E-state index is -0.532. The lowest BCUT2D eigenvalue weighted by Crippen LogP contribution is -2.07. The molecule has 0 N–H and O–H groups in total. The van der Waals surface area contributed by atoms with Crippen molar-refractivity contribution in [2.45, 2.75) is 26.7 Å². The molecule has 15 heavy (non-hydrogen) atoms. The highest BCUT2D eigenvalue weighted by Crippen LogP contribution is 2.18. The van der Waals surface area contributed by atoms with Gasteiger partial charge >= 0.3 is 0 Å². The largest absolute Gasteiger partial charge is 0.294 e. The van der Waals surface area contributed by atoms with Crippen molar-refractivity contribution in [1.29, 1.82) is 0 Å². The van der Waals surface area contributed by atoms with E-state index in [-0.39, 0.29) is 17.3 Å². The summed E-state index contributed by atoms with van der Waals surface area (Å²) in [5.74, 6) is -0.401. The molecule has 1 unspecified atom stereocenters. The Kier molecular flexibility index (Phi) is 4.28. The Balaban J connectivity index is 2.82. The van der Waals surface area contributed by atoms with Gasteiger partial charge in [-0.05, 0) is 24.1 Å². The zero-order chi connectivity index (χ0) is 11.4. The van der Waals surface area contributed by atoms with Crippen LogP contribution in [0.2, 0.25) is 5.02 Å². The third kappa shape index (κ3) is 3.31. The van der Waals surface area contributed by atoms with Crippen LogP contribution in [0.1, 0.15) is 37.0 Å². The van der Waals surface area contributed by atoms with Crippen LogP contribution in [0.3, 0.4) is 0 Å². The molecule has 1 nitrogen and oxygen atoms in total. The molecule has 1 rings (SSSR count). The van der Waals surface area contributed by atoms with Crippen LogP contribution >= 0.6 is 11.6 Å². The zero-order valence-electron chi connectivity index (χ0n) is 8.89. The quantitative estimate of drug-likeness (QED) is 0.710.